The molecule has 0 amide bonds. The van der Waals surface area contributed by atoms with Crippen LogP contribution in [0.5, 0.6) is 11.5 Å². The van der Waals surface area contributed by atoms with E-state index >= 15 is 0 Å². The molecule has 1 aliphatic heterocycles. The summed E-state index contributed by atoms with van der Waals surface area (Å²) in [7, 11) is 0. The summed E-state index contributed by atoms with van der Waals surface area (Å²) >= 11 is 0. The zero-order valence-electron chi connectivity index (χ0n) is 11.2. The maximum atomic E-state index is 5.67. The molecule has 0 atom stereocenters. The van der Waals surface area contributed by atoms with Gasteiger partial charge < -0.3 is 20.5 Å². The molecule has 0 aliphatic carbocycles. The summed E-state index contributed by atoms with van der Waals surface area (Å²) in [5.74, 6) is 1.65. The molecule has 0 fully saturated rings. The van der Waals surface area contributed by atoms with E-state index in [1.807, 2.05) is 18.2 Å². The minimum atomic E-state index is -0.0193. The Morgan fingerprint density at radius 1 is 1.22 bits per heavy atom. The second-order valence-corrected chi connectivity index (χ2v) is 5.26. The smallest absolute Gasteiger partial charge is 0.163 e. The van der Waals surface area contributed by atoms with E-state index in [4.69, 9.17) is 15.2 Å². The van der Waals surface area contributed by atoms with Gasteiger partial charge in [-0.25, -0.2) is 0 Å². The first-order valence-electron chi connectivity index (χ1n) is 6.49. The van der Waals surface area contributed by atoms with E-state index in [9.17, 15) is 0 Å². The molecule has 4 heteroatoms. The van der Waals surface area contributed by atoms with E-state index in [1.54, 1.807) is 0 Å². The van der Waals surface area contributed by atoms with E-state index in [1.165, 1.54) is 0 Å². The van der Waals surface area contributed by atoms with Crippen LogP contribution in [0, 0.1) is 0 Å². The molecular formula is C14H22N2O2. The molecule has 0 unspecified atom stereocenters. The number of fused-ring (bicyclic) bond motifs is 1. The third-order valence-electron chi connectivity index (χ3n) is 3.00. The van der Waals surface area contributed by atoms with E-state index in [0.29, 0.717) is 13.2 Å². The fraction of sp³-hybridized carbons (Fsp3) is 0.571. The van der Waals surface area contributed by atoms with Crippen LogP contribution in [0.4, 0.5) is 5.69 Å². The molecule has 2 rings (SSSR count). The number of nitrogens with two attached hydrogens (primary N) is 1. The quantitative estimate of drug-likeness (QED) is 0.861. The molecule has 1 aliphatic rings. The van der Waals surface area contributed by atoms with Crippen LogP contribution in [0.2, 0.25) is 0 Å². The van der Waals surface area contributed by atoms with Gasteiger partial charge in [0.25, 0.3) is 0 Å². The molecule has 3 N–H and O–H groups in total. The normalized spacial score (nSPS) is 15.1. The zero-order chi connectivity index (χ0) is 13.0. The van der Waals surface area contributed by atoms with Gasteiger partial charge in [0.15, 0.2) is 11.5 Å². The number of hydrogen-bond acceptors (Lipinski definition) is 4. The van der Waals surface area contributed by atoms with Crippen molar-refractivity contribution in [2.24, 2.45) is 5.73 Å². The van der Waals surface area contributed by atoms with Crippen molar-refractivity contribution in [2.45, 2.75) is 32.2 Å². The molecule has 100 valence electrons. The second kappa shape index (κ2) is 5.48. The minimum Gasteiger partial charge on any atom is -0.490 e. The summed E-state index contributed by atoms with van der Waals surface area (Å²) < 4.78 is 11.3. The molecule has 4 nitrogen and oxygen atoms in total. The van der Waals surface area contributed by atoms with E-state index < -0.39 is 0 Å². The van der Waals surface area contributed by atoms with Crippen LogP contribution in [0.1, 0.15) is 26.7 Å². The predicted octanol–water partition coefficient (Wildman–Crippen LogP) is 2.39. The molecule has 0 spiro atoms. The van der Waals surface area contributed by atoms with Crippen molar-refractivity contribution in [3.8, 4) is 11.5 Å². The van der Waals surface area contributed by atoms with Crippen molar-refractivity contribution in [3.05, 3.63) is 18.2 Å². The largest absolute Gasteiger partial charge is 0.490 e. The van der Waals surface area contributed by atoms with Crippen LogP contribution < -0.4 is 20.5 Å². The van der Waals surface area contributed by atoms with Crippen LogP contribution in [0.3, 0.4) is 0 Å². The molecule has 0 radical (unpaired) electrons. The summed E-state index contributed by atoms with van der Waals surface area (Å²) in [5, 5.41) is 3.47. The Bertz CT molecular complexity index is 405. The minimum absolute atomic E-state index is 0.0193. The van der Waals surface area contributed by atoms with Gasteiger partial charge in [-0.15, -0.1) is 0 Å². The summed E-state index contributed by atoms with van der Waals surface area (Å²) in [6.07, 6.45) is 1.84. The average Bonchev–Trinajstić information content (AvgIpc) is 2.52. The molecule has 0 aromatic heterocycles. The highest BCUT2D eigenvalue weighted by atomic mass is 16.5. The zero-order valence-corrected chi connectivity index (χ0v) is 11.2. The van der Waals surface area contributed by atoms with Crippen LogP contribution in [-0.2, 0) is 0 Å². The van der Waals surface area contributed by atoms with Gasteiger partial charge in [0.1, 0.15) is 0 Å². The van der Waals surface area contributed by atoms with E-state index in [0.717, 1.165) is 36.6 Å². The number of benzene rings is 1. The first-order valence-corrected chi connectivity index (χ1v) is 6.49. The van der Waals surface area contributed by atoms with E-state index in [2.05, 4.69) is 19.2 Å². The standard InChI is InChI=1S/C14H22N2O2/c1-14(2,6-7-15)16-11-4-5-12-13(10-11)18-9-3-8-17-12/h4-5,10,16H,3,6-9,15H2,1-2H3. The molecule has 18 heavy (non-hydrogen) atoms. The van der Waals surface area contributed by atoms with Gasteiger partial charge in [0, 0.05) is 23.7 Å². The van der Waals surface area contributed by atoms with Crippen molar-refractivity contribution >= 4 is 5.69 Å². The highest BCUT2D eigenvalue weighted by Crippen LogP contribution is 2.33. The van der Waals surface area contributed by atoms with Crippen LogP contribution in [0.15, 0.2) is 18.2 Å². The molecular weight excluding hydrogens is 228 g/mol. The monoisotopic (exact) mass is 250 g/mol. The van der Waals surface area contributed by atoms with Gasteiger partial charge in [-0.3, -0.25) is 0 Å². The van der Waals surface area contributed by atoms with Gasteiger partial charge >= 0.3 is 0 Å². The van der Waals surface area contributed by atoms with Crippen molar-refractivity contribution in [1.82, 2.24) is 0 Å². The highest BCUT2D eigenvalue weighted by Gasteiger charge is 2.17. The Hall–Kier alpha value is -1.42. The lowest BCUT2D eigenvalue weighted by Crippen LogP contribution is -2.33. The van der Waals surface area contributed by atoms with Gasteiger partial charge in [-0.2, -0.15) is 0 Å². The molecule has 0 bridgehead atoms. The lowest BCUT2D eigenvalue weighted by molar-refractivity contribution is 0.297. The Kier molecular flexibility index (Phi) is 3.97. The third kappa shape index (κ3) is 3.29. The van der Waals surface area contributed by atoms with Gasteiger partial charge in [0.2, 0.25) is 0 Å². The average molecular weight is 250 g/mol. The fourth-order valence-electron chi connectivity index (χ4n) is 2.06. The van der Waals surface area contributed by atoms with Crippen molar-refractivity contribution in [3.63, 3.8) is 0 Å². The number of anilines is 1. The van der Waals surface area contributed by atoms with Gasteiger partial charge in [0.05, 0.1) is 13.2 Å². The van der Waals surface area contributed by atoms with Crippen LogP contribution in [-0.4, -0.2) is 25.3 Å². The summed E-state index contributed by atoms with van der Waals surface area (Å²) in [4.78, 5) is 0. The van der Waals surface area contributed by atoms with Gasteiger partial charge in [-0.05, 0) is 38.9 Å². The Morgan fingerprint density at radius 2 is 1.94 bits per heavy atom. The highest BCUT2D eigenvalue weighted by molar-refractivity contribution is 5.56. The Labute approximate surface area is 108 Å². The maximum Gasteiger partial charge on any atom is 0.163 e. The molecule has 0 saturated carbocycles. The maximum absolute atomic E-state index is 5.67. The van der Waals surface area contributed by atoms with Crippen LogP contribution in [0.25, 0.3) is 0 Å². The Morgan fingerprint density at radius 3 is 2.67 bits per heavy atom. The summed E-state index contributed by atoms with van der Waals surface area (Å²) in [6.45, 7) is 6.39. The molecule has 1 heterocycles. The number of hydrogen-bond donors (Lipinski definition) is 2. The lowest BCUT2D eigenvalue weighted by Gasteiger charge is -2.27. The third-order valence-corrected chi connectivity index (χ3v) is 3.00. The number of rotatable bonds is 4. The molecule has 1 aromatic rings. The molecule has 1 aromatic carbocycles. The first-order chi connectivity index (χ1) is 8.61. The van der Waals surface area contributed by atoms with Crippen molar-refractivity contribution in [1.29, 1.82) is 0 Å². The van der Waals surface area contributed by atoms with Crippen molar-refractivity contribution < 1.29 is 9.47 Å². The molecule has 0 saturated heterocycles. The lowest BCUT2D eigenvalue weighted by atomic mass is 10.0. The number of nitrogens with one attached hydrogen (secondary N) is 1. The first kappa shape index (κ1) is 13.0. The van der Waals surface area contributed by atoms with E-state index in [-0.39, 0.29) is 5.54 Å². The summed E-state index contributed by atoms with van der Waals surface area (Å²) in [5.41, 5.74) is 6.64. The SMILES string of the molecule is CC(C)(CCN)Nc1ccc2c(c1)OCCCO2. The topological polar surface area (TPSA) is 56.5 Å². The summed E-state index contributed by atoms with van der Waals surface area (Å²) in [6, 6.07) is 5.98. The van der Waals surface area contributed by atoms with Gasteiger partial charge in [-0.1, -0.05) is 0 Å². The predicted molar refractivity (Wildman–Crippen MR) is 73.4 cm³/mol. The number of ether oxygens (including phenoxy) is 2. The van der Waals surface area contributed by atoms with Crippen molar-refractivity contribution in [2.75, 3.05) is 25.1 Å². The second-order valence-electron chi connectivity index (χ2n) is 5.26. The Balaban J connectivity index is 2.13. The van der Waals surface area contributed by atoms with Crippen LogP contribution >= 0.6 is 0 Å². The fourth-order valence-corrected chi connectivity index (χ4v) is 2.06.